The molecule has 0 radical (unpaired) electrons. The van der Waals surface area contributed by atoms with Gasteiger partial charge in [-0.1, -0.05) is 0 Å². The molecule has 24 heteroatoms. The molecular weight excluding hydrogens is 645 g/mol. The lowest BCUT2D eigenvalue weighted by atomic mass is 10.1. The number of hydrogen-bond donors (Lipinski definition) is 6. The average molecular weight is 673 g/mol. The van der Waals surface area contributed by atoms with Crippen LogP contribution in [0.3, 0.4) is 0 Å². The number of phosphoric ester groups is 1. The van der Waals surface area contributed by atoms with Gasteiger partial charge < -0.3 is 45.5 Å². The van der Waals surface area contributed by atoms with Gasteiger partial charge in [-0.05, 0) is 0 Å². The summed E-state index contributed by atoms with van der Waals surface area (Å²) >= 11 is 0. The highest BCUT2D eigenvalue weighted by atomic mass is 31.2. The Bertz CT molecular complexity index is 1800. The molecule has 0 amide bonds. The van der Waals surface area contributed by atoms with Gasteiger partial charge in [0.15, 0.2) is 35.8 Å². The number of phosphoric acid groups is 1. The molecule has 250 valence electrons. The summed E-state index contributed by atoms with van der Waals surface area (Å²) in [5.41, 5.74) is 9.14. The predicted octanol–water partition coefficient (Wildman–Crippen LogP) is -3.55. The minimum absolute atomic E-state index is 0.0981. The van der Waals surface area contributed by atoms with Crippen LogP contribution in [0.1, 0.15) is 26.3 Å². The second-order valence-electron chi connectivity index (χ2n) is 9.97. The number of nitrogens with two attached hydrogens (primary N) is 2. The van der Waals surface area contributed by atoms with E-state index < -0.39 is 93.3 Å². The van der Waals surface area contributed by atoms with E-state index in [-0.39, 0.29) is 23.1 Å². The second-order valence-corrected chi connectivity index (χ2v) is 11.4. The van der Waals surface area contributed by atoms with Crippen molar-refractivity contribution >= 4 is 42.8 Å². The van der Waals surface area contributed by atoms with Crippen molar-refractivity contribution in [2.45, 2.75) is 62.9 Å². The highest BCUT2D eigenvalue weighted by Gasteiger charge is 2.53. The Kier molecular flexibility index (Phi) is 9.19. The zero-order valence-corrected chi connectivity index (χ0v) is 24.7. The number of nitrogens with zero attached hydrogens (tertiary/aromatic N) is 6. The van der Waals surface area contributed by atoms with Crippen molar-refractivity contribution in [1.82, 2.24) is 34.1 Å². The predicted molar refractivity (Wildman–Crippen MR) is 146 cm³/mol. The lowest BCUT2D eigenvalue weighted by Gasteiger charge is -2.26. The summed E-state index contributed by atoms with van der Waals surface area (Å²) in [6.45, 7) is 0.394. The molecule has 2 fully saturated rings. The zero-order valence-electron chi connectivity index (χ0n) is 23.8. The molecule has 0 bridgehead atoms. The van der Waals surface area contributed by atoms with Gasteiger partial charge in [0.2, 0.25) is 11.9 Å². The Hall–Kier alpha value is -4.35. The fraction of sp³-hybridized carbons (Fsp3) is 0.545. The van der Waals surface area contributed by atoms with E-state index in [1.165, 1.54) is 0 Å². The fourth-order valence-corrected chi connectivity index (χ4v) is 5.89. The summed E-state index contributed by atoms with van der Waals surface area (Å²) in [5.74, 6) is -2.36. The minimum Gasteiger partial charge on any atom is -0.455 e. The highest BCUT2D eigenvalue weighted by molar-refractivity contribution is 7.47. The molecule has 3 aromatic heterocycles. The second kappa shape index (κ2) is 12.8. The summed E-state index contributed by atoms with van der Waals surface area (Å²) < 4.78 is 47.3. The number of nitrogens with one attached hydrogen (secondary N) is 1. The van der Waals surface area contributed by atoms with Crippen LogP contribution in [0.15, 0.2) is 22.2 Å². The molecule has 2 aliphatic rings. The van der Waals surface area contributed by atoms with Crippen LogP contribution in [-0.2, 0) is 42.1 Å². The van der Waals surface area contributed by atoms with E-state index in [0.717, 1.165) is 35.6 Å². The summed E-state index contributed by atoms with van der Waals surface area (Å²) in [4.78, 5) is 76.4. The van der Waals surface area contributed by atoms with Crippen LogP contribution in [0.25, 0.3) is 11.2 Å². The number of aromatic nitrogens is 7. The van der Waals surface area contributed by atoms with Crippen LogP contribution < -0.4 is 22.7 Å². The topological polar surface area (TPSA) is 331 Å². The number of aliphatic hydroxyl groups is 2. The number of anilines is 2. The molecule has 3 aromatic rings. The Morgan fingerprint density at radius 1 is 1.00 bits per heavy atom. The first-order valence-corrected chi connectivity index (χ1v) is 14.7. The van der Waals surface area contributed by atoms with Crippen molar-refractivity contribution in [3.8, 4) is 0 Å². The Balaban J connectivity index is 1.36. The number of ether oxygens (including phenoxy) is 4. The van der Waals surface area contributed by atoms with Gasteiger partial charge in [0.25, 0.3) is 5.56 Å². The third-order valence-electron chi connectivity index (χ3n) is 6.78. The largest absolute Gasteiger partial charge is 0.472 e. The molecule has 2 aliphatic heterocycles. The quantitative estimate of drug-likeness (QED) is 0.0895. The average Bonchev–Trinajstić information content (AvgIpc) is 3.61. The number of nitrogen functional groups attached to an aromatic ring is 2. The van der Waals surface area contributed by atoms with Gasteiger partial charge in [-0.15, -0.1) is 0 Å². The van der Waals surface area contributed by atoms with Gasteiger partial charge in [-0.25, -0.2) is 19.3 Å². The SMILES string of the molecule is CC(=O)OC1[C@@H](O)[C@@H](COP(=O)(O)O[C@@H]2C(OC(C)=O)[C@H](n3cnc4c(=O)[nH]c(N)nc43)O[C@@H]2CO)O[C@H]1n1cnc(N)nc1=O. The van der Waals surface area contributed by atoms with E-state index in [4.69, 9.17) is 39.5 Å². The molecule has 0 saturated carbocycles. The van der Waals surface area contributed by atoms with Crippen LogP contribution in [0.2, 0.25) is 0 Å². The number of esters is 2. The molecule has 0 aromatic carbocycles. The third-order valence-corrected chi connectivity index (χ3v) is 7.77. The number of aliphatic hydroxyl groups excluding tert-OH is 2. The minimum atomic E-state index is -5.18. The van der Waals surface area contributed by atoms with Crippen LogP contribution in [0.4, 0.5) is 11.9 Å². The van der Waals surface area contributed by atoms with Crippen molar-refractivity contribution < 1.29 is 57.3 Å². The fourth-order valence-electron chi connectivity index (χ4n) is 4.93. The maximum absolute atomic E-state index is 13.2. The van der Waals surface area contributed by atoms with Gasteiger partial charge >= 0.3 is 25.5 Å². The summed E-state index contributed by atoms with van der Waals surface area (Å²) in [6, 6.07) is 0. The standard InChI is InChI=1S/C22H28N9O14P/c1-7(33)41-14-12(35)10(44-18(14)31-6-26-20(23)29-22(31)37)4-40-46(38,39)45-13-9(3-32)43-19(15(13)42-8(2)34)30-5-25-11-16(30)27-21(24)28-17(11)36/h5-6,9-10,12-15,18-19,32,35H,3-4H2,1-2H3,(H,38,39)(H2,23,29,37)(H3,24,27,28,36)/t9-,10-,12+,13+,14?,15?,18-,19-/m1/s1. The molecular formula is C22H28N9O14P. The molecule has 46 heavy (non-hydrogen) atoms. The van der Waals surface area contributed by atoms with E-state index in [9.17, 15) is 38.8 Å². The van der Waals surface area contributed by atoms with Crippen molar-refractivity contribution in [3.05, 3.63) is 33.5 Å². The van der Waals surface area contributed by atoms with Gasteiger partial charge in [-0.3, -0.25) is 37.5 Å². The number of carbonyl (C=O) groups excluding carboxylic acids is 2. The first-order valence-electron chi connectivity index (χ1n) is 13.2. The smallest absolute Gasteiger partial charge is 0.455 e. The first kappa shape index (κ1) is 33.0. The van der Waals surface area contributed by atoms with Gasteiger partial charge in [-0.2, -0.15) is 9.97 Å². The summed E-state index contributed by atoms with van der Waals surface area (Å²) in [5, 5.41) is 20.8. The normalized spacial score (nSPS) is 29.1. The van der Waals surface area contributed by atoms with E-state index in [0.29, 0.717) is 0 Å². The lowest BCUT2D eigenvalue weighted by molar-refractivity contribution is -0.156. The molecule has 5 rings (SSSR count). The molecule has 23 nitrogen and oxygen atoms in total. The van der Waals surface area contributed by atoms with Crippen molar-refractivity contribution in [3.63, 3.8) is 0 Å². The van der Waals surface area contributed by atoms with Crippen molar-refractivity contribution in [2.24, 2.45) is 0 Å². The van der Waals surface area contributed by atoms with E-state index >= 15 is 0 Å². The lowest BCUT2D eigenvalue weighted by Crippen LogP contribution is -2.40. The number of hydrogen-bond acceptors (Lipinski definition) is 19. The number of fused-ring (bicyclic) bond motifs is 1. The number of carbonyl (C=O) groups is 2. The van der Waals surface area contributed by atoms with Crippen LogP contribution in [0.5, 0.6) is 0 Å². The van der Waals surface area contributed by atoms with Gasteiger partial charge in [0.1, 0.15) is 30.7 Å². The first-order chi connectivity index (χ1) is 21.7. The number of aromatic amines is 1. The van der Waals surface area contributed by atoms with Crippen LogP contribution >= 0.6 is 7.82 Å². The van der Waals surface area contributed by atoms with Crippen molar-refractivity contribution in [1.29, 1.82) is 0 Å². The molecule has 0 aliphatic carbocycles. The number of H-pyrrole nitrogens is 1. The molecule has 3 unspecified atom stereocenters. The molecule has 0 spiro atoms. The van der Waals surface area contributed by atoms with Crippen molar-refractivity contribution in [2.75, 3.05) is 24.7 Å². The summed E-state index contributed by atoms with van der Waals surface area (Å²) in [6.07, 6.45) is -10.1. The third kappa shape index (κ3) is 6.61. The maximum Gasteiger partial charge on any atom is 0.472 e. The van der Waals surface area contributed by atoms with Crippen LogP contribution in [0, 0.1) is 0 Å². The number of imidazole rings is 1. The molecule has 8 N–H and O–H groups in total. The van der Waals surface area contributed by atoms with Gasteiger partial charge in [0.05, 0.1) is 19.5 Å². The zero-order chi connectivity index (χ0) is 33.5. The molecule has 5 heterocycles. The van der Waals surface area contributed by atoms with E-state index in [1.807, 2.05) is 0 Å². The van der Waals surface area contributed by atoms with Crippen LogP contribution in [-0.4, -0.2) is 111 Å². The Morgan fingerprint density at radius 2 is 1.63 bits per heavy atom. The Labute approximate surface area is 255 Å². The van der Waals surface area contributed by atoms with E-state index in [1.54, 1.807) is 0 Å². The Morgan fingerprint density at radius 3 is 2.28 bits per heavy atom. The molecule has 9 atom stereocenters. The monoisotopic (exact) mass is 673 g/mol. The highest BCUT2D eigenvalue weighted by Crippen LogP contribution is 2.50. The van der Waals surface area contributed by atoms with E-state index in [2.05, 4.69) is 24.9 Å². The van der Waals surface area contributed by atoms with Gasteiger partial charge in [0, 0.05) is 13.8 Å². The maximum atomic E-state index is 13.2. The number of rotatable bonds is 10. The molecule has 2 saturated heterocycles. The summed E-state index contributed by atoms with van der Waals surface area (Å²) in [7, 11) is -5.18.